The highest BCUT2D eigenvalue weighted by Crippen LogP contribution is 2.26. The number of hydrogen-bond acceptors (Lipinski definition) is 6. The molecule has 4 heterocycles. The Balaban J connectivity index is 1.60. The quantitative estimate of drug-likeness (QED) is 0.713. The van der Waals surface area contributed by atoms with Crippen LogP contribution in [0.4, 0.5) is 11.6 Å². The summed E-state index contributed by atoms with van der Waals surface area (Å²) in [6, 6.07) is 6.04. The number of aromatic nitrogens is 5. The van der Waals surface area contributed by atoms with Crippen LogP contribution >= 0.6 is 0 Å². The molecule has 0 amide bonds. The standard InChI is InChI=1S/C16H19N7/c1-12-14-15(21(2)20-12)18-11-19-16(14)23-9-7-22(8-10-23)13-5-3-4-6-17-13/h3-6,11H,7-10H2,1-2H3. The van der Waals surface area contributed by atoms with Crippen LogP contribution in [0.2, 0.25) is 0 Å². The Hall–Kier alpha value is -2.70. The predicted octanol–water partition coefficient (Wildman–Crippen LogP) is 1.39. The van der Waals surface area contributed by atoms with Gasteiger partial charge in [-0.2, -0.15) is 5.10 Å². The van der Waals surface area contributed by atoms with Crippen molar-refractivity contribution in [3.8, 4) is 0 Å². The van der Waals surface area contributed by atoms with Gasteiger partial charge in [0.15, 0.2) is 5.65 Å². The van der Waals surface area contributed by atoms with Crippen molar-refractivity contribution < 1.29 is 0 Å². The fourth-order valence-corrected chi connectivity index (χ4v) is 3.19. The Labute approximate surface area is 134 Å². The van der Waals surface area contributed by atoms with Crippen molar-refractivity contribution in [1.29, 1.82) is 0 Å². The van der Waals surface area contributed by atoms with Crippen molar-refractivity contribution >= 4 is 22.7 Å². The number of hydrogen-bond donors (Lipinski definition) is 0. The molecule has 1 aliphatic rings. The molecule has 1 saturated heterocycles. The Morgan fingerprint density at radius 3 is 2.48 bits per heavy atom. The van der Waals surface area contributed by atoms with Crippen molar-refractivity contribution in [3.63, 3.8) is 0 Å². The van der Waals surface area contributed by atoms with Crippen LogP contribution < -0.4 is 9.80 Å². The summed E-state index contributed by atoms with van der Waals surface area (Å²) in [5, 5.41) is 5.53. The normalized spacial score (nSPS) is 15.4. The van der Waals surface area contributed by atoms with E-state index >= 15 is 0 Å². The third kappa shape index (κ3) is 2.38. The van der Waals surface area contributed by atoms with Crippen LogP contribution in [0.25, 0.3) is 11.0 Å². The van der Waals surface area contributed by atoms with Crippen molar-refractivity contribution in [2.45, 2.75) is 6.92 Å². The van der Waals surface area contributed by atoms with E-state index in [9.17, 15) is 0 Å². The summed E-state index contributed by atoms with van der Waals surface area (Å²) in [5.74, 6) is 2.03. The summed E-state index contributed by atoms with van der Waals surface area (Å²) in [4.78, 5) is 18.0. The molecule has 23 heavy (non-hydrogen) atoms. The lowest BCUT2D eigenvalue weighted by atomic mass is 10.2. The van der Waals surface area contributed by atoms with Crippen molar-refractivity contribution in [2.24, 2.45) is 7.05 Å². The molecule has 3 aromatic heterocycles. The van der Waals surface area contributed by atoms with Gasteiger partial charge in [0.2, 0.25) is 0 Å². The lowest BCUT2D eigenvalue weighted by Crippen LogP contribution is -2.47. The molecule has 0 aliphatic carbocycles. The molecule has 0 saturated carbocycles. The number of nitrogens with zero attached hydrogens (tertiary/aromatic N) is 7. The average Bonchev–Trinajstić information content (AvgIpc) is 2.90. The largest absolute Gasteiger partial charge is 0.353 e. The molecule has 1 fully saturated rings. The first kappa shape index (κ1) is 13.9. The number of fused-ring (bicyclic) bond motifs is 1. The van der Waals surface area contributed by atoms with E-state index in [2.05, 4.69) is 35.9 Å². The molecular formula is C16H19N7. The summed E-state index contributed by atoms with van der Waals surface area (Å²) in [7, 11) is 1.92. The molecule has 0 aromatic carbocycles. The van der Waals surface area contributed by atoms with Crippen molar-refractivity contribution in [3.05, 3.63) is 36.4 Å². The van der Waals surface area contributed by atoms with E-state index in [1.54, 1.807) is 6.33 Å². The fourth-order valence-electron chi connectivity index (χ4n) is 3.19. The molecule has 7 heteroatoms. The van der Waals surface area contributed by atoms with Gasteiger partial charge < -0.3 is 9.80 Å². The number of piperazine rings is 1. The van der Waals surface area contributed by atoms with Crippen LogP contribution in [-0.2, 0) is 7.05 Å². The molecule has 0 atom stereocenters. The van der Waals surface area contributed by atoms with Crippen LogP contribution in [-0.4, -0.2) is 50.9 Å². The summed E-state index contributed by atoms with van der Waals surface area (Å²) in [6.07, 6.45) is 3.47. The Kier molecular flexibility index (Phi) is 3.33. The zero-order valence-corrected chi connectivity index (χ0v) is 13.3. The zero-order chi connectivity index (χ0) is 15.8. The SMILES string of the molecule is Cc1nn(C)c2ncnc(N3CCN(c4ccccn4)CC3)c12. The fraction of sp³-hybridized carbons (Fsp3) is 0.375. The van der Waals surface area contributed by atoms with E-state index in [0.29, 0.717) is 0 Å². The van der Waals surface area contributed by atoms with E-state index in [1.807, 2.05) is 37.0 Å². The van der Waals surface area contributed by atoms with Crippen LogP contribution in [0.15, 0.2) is 30.7 Å². The monoisotopic (exact) mass is 309 g/mol. The molecule has 118 valence electrons. The van der Waals surface area contributed by atoms with Gasteiger partial charge in [-0.1, -0.05) is 6.07 Å². The van der Waals surface area contributed by atoms with Gasteiger partial charge in [-0.15, -0.1) is 0 Å². The summed E-state index contributed by atoms with van der Waals surface area (Å²) < 4.78 is 1.82. The molecule has 0 radical (unpaired) electrons. The minimum Gasteiger partial charge on any atom is -0.353 e. The van der Waals surface area contributed by atoms with Crippen LogP contribution in [0.3, 0.4) is 0 Å². The van der Waals surface area contributed by atoms with Crippen molar-refractivity contribution in [1.82, 2.24) is 24.7 Å². The van der Waals surface area contributed by atoms with Gasteiger partial charge in [0, 0.05) is 39.4 Å². The highest BCUT2D eigenvalue weighted by molar-refractivity contribution is 5.89. The number of rotatable bonds is 2. The van der Waals surface area contributed by atoms with E-state index in [-0.39, 0.29) is 0 Å². The lowest BCUT2D eigenvalue weighted by Gasteiger charge is -2.36. The topological polar surface area (TPSA) is 63.0 Å². The molecule has 0 spiro atoms. The molecule has 0 bridgehead atoms. The second-order valence-electron chi connectivity index (χ2n) is 5.77. The number of aryl methyl sites for hydroxylation is 2. The lowest BCUT2D eigenvalue weighted by molar-refractivity contribution is 0.643. The first-order chi connectivity index (χ1) is 11.2. The molecule has 0 unspecified atom stereocenters. The van der Waals surface area contributed by atoms with Crippen LogP contribution in [0, 0.1) is 6.92 Å². The number of anilines is 2. The smallest absolute Gasteiger partial charge is 0.163 e. The Bertz CT molecular complexity index is 819. The highest BCUT2D eigenvalue weighted by atomic mass is 15.3. The Morgan fingerprint density at radius 2 is 1.74 bits per heavy atom. The van der Waals surface area contributed by atoms with Crippen LogP contribution in [0.1, 0.15) is 5.69 Å². The molecular weight excluding hydrogens is 290 g/mol. The average molecular weight is 309 g/mol. The van der Waals surface area contributed by atoms with E-state index in [1.165, 1.54) is 0 Å². The first-order valence-electron chi connectivity index (χ1n) is 7.79. The minimum atomic E-state index is 0.889. The molecule has 1 aliphatic heterocycles. The second kappa shape index (κ2) is 5.49. The van der Waals surface area contributed by atoms with Gasteiger partial charge in [-0.25, -0.2) is 15.0 Å². The zero-order valence-electron chi connectivity index (χ0n) is 13.3. The third-order valence-electron chi connectivity index (χ3n) is 4.33. The molecule has 4 rings (SSSR count). The highest BCUT2D eigenvalue weighted by Gasteiger charge is 2.22. The Morgan fingerprint density at radius 1 is 0.957 bits per heavy atom. The summed E-state index contributed by atoms with van der Waals surface area (Å²) in [5.41, 5.74) is 1.87. The maximum atomic E-state index is 4.53. The van der Waals surface area contributed by atoms with Crippen LogP contribution in [0.5, 0.6) is 0 Å². The van der Waals surface area contributed by atoms with Gasteiger partial charge >= 0.3 is 0 Å². The maximum Gasteiger partial charge on any atom is 0.163 e. The van der Waals surface area contributed by atoms with E-state index in [0.717, 1.165) is 54.5 Å². The van der Waals surface area contributed by atoms with Gasteiger partial charge in [-0.05, 0) is 19.1 Å². The third-order valence-corrected chi connectivity index (χ3v) is 4.33. The molecule has 7 nitrogen and oxygen atoms in total. The van der Waals surface area contributed by atoms with E-state index in [4.69, 9.17) is 0 Å². The maximum absolute atomic E-state index is 4.53. The van der Waals surface area contributed by atoms with Gasteiger partial charge in [-0.3, -0.25) is 4.68 Å². The number of pyridine rings is 1. The summed E-state index contributed by atoms with van der Waals surface area (Å²) in [6.45, 7) is 5.71. The first-order valence-corrected chi connectivity index (χ1v) is 7.79. The van der Waals surface area contributed by atoms with Gasteiger partial charge in [0.05, 0.1) is 11.1 Å². The van der Waals surface area contributed by atoms with Gasteiger partial charge in [0.1, 0.15) is 18.0 Å². The van der Waals surface area contributed by atoms with Crippen molar-refractivity contribution in [2.75, 3.05) is 36.0 Å². The minimum absolute atomic E-state index is 0.889. The van der Waals surface area contributed by atoms with E-state index < -0.39 is 0 Å². The molecule has 3 aromatic rings. The summed E-state index contributed by atoms with van der Waals surface area (Å²) >= 11 is 0. The molecule has 0 N–H and O–H groups in total. The predicted molar refractivity (Wildman–Crippen MR) is 89.7 cm³/mol. The second-order valence-corrected chi connectivity index (χ2v) is 5.77. The van der Waals surface area contributed by atoms with Gasteiger partial charge in [0.25, 0.3) is 0 Å².